The topological polar surface area (TPSA) is 78.5 Å². The zero-order valence-electron chi connectivity index (χ0n) is 20.7. The van der Waals surface area contributed by atoms with Crippen LogP contribution in [0.3, 0.4) is 0 Å². The van der Waals surface area contributed by atoms with E-state index in [1.165, 1.54) is 0 Å². The van der Waals surface area contributed by atoms with Crippen LogP contribution in [0.2, 0.25) is 0 Å². The Bertz CT molecular complexity index is 1480. The van der Waals surface area contributed by atoms with Crippen molar-refractivity contribution >= 4 is 23.5 Å². The lowest BCUT2D eigenvalue weighted by molar-refractivity contribution is -0.133. The third-order valence-electron chi connectivity index (χ3n) is 6.84. The van der Waals surface area contributed by atoms with E-state index in [1.54, 1.807) is 6.07 Å². The molecule has 0 radical (unpaired) electrons. The first-order valence-electron chi connectivity index (χ1n) is 12.1. The molecule has 5 rings (SSSR count). The van der Waals surface area contributed by atoms with Gasteiger partial charge in [0.1, 0.15) is 6.54 Å². The van der Waals surface area contributed by atoms with Crippen LogP contribution >= 0.6 is 0 Å². The van der Waals surface area contributed by atoms with Gasteiger partial charge >= 0.3 is 6.03 Å². The number of benzene rings is 4. The predicted molar refractivity (Wildman–Crippen MR) is 144 cm³/mol. The fourth-order valence-electron chi connectivity index (χ4n) is 4.74. The quantitative estimate of drug-likeness (QED) is 0.356. The van der Waals surface area contributed by atoms with Gasteiger partial charge in [-0.3, -0.25) is 14.5 Å². The van der Waals surface area contributed by atoms with E-state index in [4.69, 9.17) is 0 Å². The van der Waals surface area contributed by atoms with Gasteiger partial charge < -0.3 is 10.6 Å². The van der Waals surface area contributed by atoms with Crippen molar-refractivity contribution in [3.63, 3.8) is 0 Å². The highest BCUT2D eigenvalue weighted by molar-refractivity contribution is 6.12. The lowest BCUT2D eigenvalue weighted by atomic mass is 9.81. The Labute approximate surface area is 215 Å². The average Bonchev–Trinajstić information content (AvgIpc) is 3.17. The molecule has 2 N–H and O–H groups in total. The molecular formula is C31H27N3O3. The lowest BCUT2D eigenvalue weighted by Gasteiger charge is -2.28. The molecule has 1 heterocycles. The van der Waals surface area contributed by atoms with E-state index in [-0.39, 0.29) is 0 Å². The van der Waals surface area contributed by atoms with E-state index in [1.807, 2.05) is 111 Å². The minimum Gasteiger partial charge on any atom is -0.324 e. The summed E-state index contributed by atoms with van der Waals surface area (Å²) in [6, 6.07) is 31.4. The highest BCUT2D eigenvalue weighted by atomic mass is 16.2. The number of nitrogens with zero attached hydrogens (tertiary/aromatic N) is 1. The first-order chi connectivity index (χ1) is 17.9. The first-order valence-corrected chi connectivity index (χ1v) is 12.1. The first kappa shape index (κ1) is 24.0. The van der Waals surface area contributed by atoms with Crippen LogP contribution in [0.1, 0.15) is 22.3 Å². The molecule has 0 saturated carbocycles. The Morgan fingerprint density at radius 3 is 2.14 bits per heavy atom. The smallest absolute Gasteiger partial charge is 0.324 e. The Morgan fingerprint density at radius 1 is 0.784 bits per heavy atom. The molecule has 0 aromatic heterocycles. The summed E-state index contributed by atoms with van der Waals surface area (Å²) in [5, 5.41) is 5.80. The van der Waals surface area contributed by atoms with Crippen molar-refractivity contribution < 1.29 is 14.4 Å². The van der Waals surface area contributed by atoms with Crippen LogP contribution in [0.25, 0.3) is 11.1 Å². The molecule has 0 bridgehead atoms. The van der Waals surface area contributed by atoms with E-state index in [2.05, 4.69) is 10.6 Å². The molecule has 184 valence electrons. The third-order valence-corrected chi connectivity index (χ3v) is 6.84. The molecule has 1 aliphatic rings. The van der Waals surface area contributed by atoms with Crippen molar-refractivity contribution in [3.8, 4) is 11.1 Å². The van der Waals surface area contributed by atoms with Gasteiger partial charge in [-0.2, -0.15) is 0 Å². The number of anilines is 1. The maximum atomic E-state index is 14.0. The number of aryl methyl sites for hydroxylation is 2. The molecule has 37 heavy (non-hydrogen) atoms. The van der Waals surface area contributed by atoms with Crippen LogP contribution in [-0.2, 0) is 15.1 Å². The zero-order chi connectivity index (χ0) is 26.0. The van der Waals surface area contributed by atoms with Gasteiger partial charge in [0.05, 0.1) is 0 Å². The molecule has 6 heteroatoms. The molecular weight excluding hydrogens is 462 g/mol. The number of amides is 4. The summed E-state index contributed by atoms with van der Waals surface area (Å²) in [6.07, 6.45) is 0. The average molecular weight is 490 g/mol. The van der Waals surface area contributed by atoms with Gasteiger partial charge in [0.2, 0.25) is 5.91 Å². The predicted octanol–water partition coefficient (Wildman–Crippen LogP) is 5.40. The van der Waals surface area contributed by atoms with Gasteiger partial charge in [0.15, 0.2) is 5.54 Å². The number of hydrogen-bond donors (Lipinski definition) is 2. The van der Waals surface area contributed by atoms with Gasteiger partial charge in [-0.05, 0) is 47.7 Å². The van der Waals surface area contributed by atoms with Crippen LogP contribution in [0.5, 0.6) is 0 Å². The lowest BCUT2D eigenvalue weighted by Crippen LogP contribution is -2.45. The number of hydrogen-bond acceptors (Lipinski definition) is 3. The van der Waals surface area contributed by atoms with Crippen molar-refractivity contribution in [3.05, 3.63) is 125 Å². The number of urea groups is 1. The molecule has 0 spiro atoms. The van der Waals surface area contributed by atoms with Crippen molar-refractivity contribution in [2.75, 3.05) is 11.9 Å². The maximum absolute atomic E-state index is 14.0. The Kier molecular flexibility index (Phi) is 6.32. The van der Waals surface area contributed by atoms with Crippen molar-refractivity contribution in [1.82, 2.24) is 10.2 Å². The Morgan fingerprint density at radius 2 is 1.43 bits per heavy atom. The number of nitrogens with one attached hydrogen (secondary N) is 2. The molecule has 4 amide bonds. The van der Waals surface area contributed by atoms with Gasteiger partial charge in [-0.25, -0.2) is 4.79 Å². The van der Waals surface area contributed by atoms with Crippen molar-refractivity contribution in [2.45, 2.75) is 19.4 Å². The molecule has 6 nitrogen and oxygen atoms in total. The standard InChI is InChI=1S/C31H27N3O3/c1-21-17-18-25(19-22(21)2)31(24-13-7-4-8-14-24)29(36)34(30(37)33-31)20-28(35)32-27-16-10-9-15-26(27)23-11-5-3-6-12-23/h3-19H,20H2,1-2H3,(H,32,35)(H,33,37)/t31-/m0/s1. The van der Waals surface area contributed by atoms with Gasteiger partial charge in [0.25, 0.3) is 5.91 Å². The molecule has 4 aromatic carbocycles. The molecule has 1 aliphatic heterocycles. The normalized spacial score (nSPS) is 17.0. The summed E-state index contributed by atoms with van der Waals surface area (Å²) in [5.74, 6) is -0.950. The molecule has 1 atom stereocenters. The summed E-state index contributed by atoms with van der Waals surface area (Å²) in [5.41, 5.74) is 4.36. The highest BCUT2D eigenvalue weighted by Gasteiger charge is 2.54. The van der Waals surface area contributed by atoms with Gasteiger partial charge in [0, 0.05) is 11.3 Å². The summed E-state index contributed by atoms with van der Waals surface area (Å²) in [6.45, 7) is 3.55. The zero-order valence-corrected chi connectivity index (χ0v) is 20.7. The largest absolute Gasteiger partial charge is 0.326 e. The van der Waals surface area contributed by atoms with E-state index in [0.717, 1.165) is 27.2 Å². The second-order valence-corrected chi connectivity index (χ2v) is 9.20. The fraction of sp³-hybridized carbons (Fsp3) is 0.129. The summed E-state index contributed by atoms with van der Waals surface area (Å²) < 4.78 is 0. The Hall–Kier alpha value is -4.71. The van der Waals surface area contributed by atoms with Crippen molar-refractivity contribution in [2.24, 2.45) is 0 Å². The van der Waals surface area contributed by atoms with Crippen molar-refractivity contribution in [1.29, 1.82) is 0 Å². The van der Waals surface area contributed by atoms with E-state index < -0.39 is 29.9 Å². The minimum atomic E-state index is -1.42. The Balaban J connectivity index is 1.46. The number of para-hydroxylation sites is 1. The minimum absolute atomic E-state index is 0.410. The third kappa shape index (κ3) is 4.38. The summed E-state index contributed by atoms with van der Waals surface area (Å²) in [7, 11) is 0. The van der Waals surface area contributed by atoms with Crippen LogP contribution in [0.4, 0.5) is 10.5 Å². The van der Waals surface area contributed by atoms with Crippen LogP contribution in [0, 0.1) is 13.8 Å². The van der Waals surface area contributed by atoms with E-state index >= 15 is 0 Å². The maximum Gasteiger partial charge on any atom is 0.326 e. The number of carbonyl (C=O) groups excluding carboxylic acids is 3. The SMILES string of the molecule is Cc1ccc([C@]2(c3ccccc3)NC(=O)N(CC(=O)Nc3ccccc3-c3ccccc3)C2=O)cc1C. The second-order valence-electron chi connectivity index (χ2n) is 9.20. The molecule has 1 fully saturated rings. The highest BCUT2D eigenvalue weighted by Crippen LogP contribution is 2.37. The molecule has 4 aromatic rings. The van der Waals surface area contributed by atoms with Crippen LogP contribution in [0.15, 0.2) is 103 Å². The second kappa shape index (κ2) is 9.74. The van der Waals surface area contributed by atoms with E-state index in [9.17, 15) is 14.4 Å². The molecule has 0 aliphatic carbocycles. The number of rotatable bonds is 6. The summed E-state index contributed by atoms with van der Waals surface area (Å²) >= 11 is 0. The van der Waals surface area contributed by atoms with Crippen LogP contribution in [-0.4, -0.2) is 29.3 Å². The fourth-order valence-corrected chi connectivity index (χ4v) is 4.74. The van der Waals surface area contributed by atoms with E-state index in [0.29, 0.717) is 16.8 Å². The van der Waals surface area contributed by atoms with Crippen LogP contribution < -0.4 is 10.6 Å². The molecule has 1 saturated heterocycles. The number of carbonyl (C=O) groups is 3. The summed E-state index contributed by atoms with van der Waals surface area (Å²) in [4.78, 5) is 41.3. The van der Waals surface area contributed by atoms with Gasteiger partial charge in [-0.1, -0.05) is 97.1 Å². The van der Waals surface area contributed by atoms with Gasteiger partial charge in [-0.15, -0.1) is 0 Å². The number of imide groups is 1. The molecule has 0 unspecified atom stereocenters. The monoisotopic (exact) mass is 489 g/mol.